The molecule has 0 aromatic carbocycles. The van der Waals surface area contributed by atoms with Crippen LogP contribution in [0.3, 0.4) is 0 Å². The molecule has 0 spiro atoms. The van der Waals surface area contributed by atoms with Gasteiger partial charge in [-0.1, -0.05) is 266 Å². The highest BCUT2D eigenvalue weighted by Crippen LogP contribution is 2.45. The van der Waals surface area contributed by atoms with Crippen LogP contribution in [0.4, 0.5) is 0 Å². The third-order valence-electron chi connectivity index (χ3n) is 14.7. The summed E-state index contributed by atoms with van der Waals surface area (Å²) >= 11 is 0. The van der Waals surface area contributed by atoms with Crippen molar-refractivity contribution in [3.63, 3.8) is 0 Å². The zero-order chi connectivity index (χ0) is 61.5. The maximum Gasteiger partial charge on any atom is 0.472 e. The first-order valence-corrected chi connectivity index (χ1v) is 36.5. The van der Waals surface area contributed by atoms with E-state index in [-0.39, 0.29) is 25.7 Å². The summed E-state index contributed by atoms with van der Waals surface area (Å²) in [6, 6.07) is 0. The molecule has 83 heavy (non-hydrogen) atoms. The first-order chi connectivity index (χ1) is 39.9. The van der Waals surface area contributed by atoms with Gasteiger partial charge in [-0.2, -0.15) is 0 Å². The van der Waals surface area contributed by atoms with Gasteiger partial charge in [0, 0.05) is 25.7 Å². The fourth-order valence-electron chi connectivity index (χ4n) is 9.53. The second kappa shape index (κ2) is 56.6. The Kier molecular flexibility index (Phi) is 55.2. The maximum atomic E-state index is 13.0. The van der Waals surface area contributed by atoms with Crippen molar-refractivity contribution in [1.29, 1.82) is 0 Å². The molecule has 2 unspecified atom stereocenters. The lowest BCUT2D eigenvalue weighted by molar-refractivity contribution is -0.161. The molecule has 17 nitrogen and oxygen atoms in total. The summed E-state index contributed by atoms with van der Waals surface area (Å²) in [4.78, 5) is 71.9. The van der Waals surface area contributed by atoms with Gasteiger partial charge >= 0.3 is 39.5 Å². The van der Waals surface area contributed by atoms with E-state index in [1.54, 1.807) is 0 Å². The van der Waals surface area contributed by atoms with Crippen LogP contribution in [0.2, 0.25) is 0 Å². The first-order valence-electron chi connectivity index (χ1n) is 33.5. The van der Waals surface area contributed by atoms with Gasteiger partial charge in [0.25, 0.3) is 0 Å². The van der Waals surface area contributed by atoms with Gasteiger partial charge in [0.15, 0.2) is 12.2 Å². The Balaban J connectivity index is 5.15. The highest BCUT2D eigenvalue weighted by atomic mass is 31.2. The summed E-state index contributed by atoms with van der Waals surface area (Å²) < 4.78 is 67.8. The number of phosphoric acid groups is 2. The van der Waals surface area contributed by atoms with E-state index in [2.05, 4.69) is 41.5 Å². The van der Waals surface area contributed by atoms with Crippen LogP contribution in [0.25, 0.3) is 0 Å². The minimum atomic E-state index is -4.94. The molecule has 0 radical (unpaired) electrons. The molecule has 5 atom stereocenters. The van der Waals surface area contributed by atoms with E-state index in [0.717, 1.165) is 108 Å². The molecule has 0 aliphatic heterocycles. The predicted octanol–water partition coefficient (Wildman–Crippen LogP) is 17.7. The van der Waals surface area contributed by atoms with Crippen LogP contribution in [0.1, 0.15) is 318 Å². The second-order valence-corrected chi connectivity index (χ2v) is 27.0. The lowest BCUT2D eigenvalue weighted by Crippen LogP contribution is -2.30. The number of phosphoric ester groups is 2. The molecule has 0 rings (SSSR count). The van der Waals surface area contributed by atoms with Crippen molar-refractivity contribution in [3.8, 4) is 0 Å². The Labute approximate surface area is 505 Å². The van der Waals surface area contributed by atoms with Gasteiger partial charge in [-0.3, -0.25) is 37.3 Å². The molecule has 0 amide bonds. The Morgan fingerprint density at radius 3 is 0.819 bits per heavy atom. The molecule has 0 saturated carbocycles. The number of ether oxygens (including phenoxy) is 4. The molecule has 0 aliphatic carbocycles. The molecule has 492 valence electrons. The smallest absolute Gasteiger partial charge is 0.462 e. The average Bonchev–Trinajstić information content (AvgIpc) is 3.48. The van der Waals surface area contributed by atoms with Crippen molar-refractivity contribution in [3.05, 3.63) is 0 Å². The molecule has 0 fully saturated rings. The zero-order valence-corrected chi connectivity index (χ0v) is 55.3. The van der Waals surface area contributed by atoms with Gasteiger partial charge in [-0.05, 0) is 37.5 Å². The molecule has 0 aromatic heterocycles. The van der Waals surface area contributed by atoms with Crippen LogP contribution in [0.15, 0.2) is 0 Å². The molecular weight excluding hydrogens is 1100 g/mol. The highest BCUT2D eigenvalue weighted by Gasteiger charge is 2.30. The fraction of sp³-hybridized carbons (Fsp3) is 0.938. The largest absolute Gasteiger partial charge is 0.472 e. The van der Waals surface area contributed by atoms with E-state index < -0.39 is 97.5 Å². The predicted molar refractivity (Wildman–Crippen MR) is 331 cm³/mol. The fourth-order valence-corrected chi connectivity index (χ4v) is 11.1. The van der Waals surface area contributed by atoms with Crippen molar-refractivity contribution in [2.45, 2.75) is 336 Å². The summed E-state index contributed by atoms with van der Waals surface area (Å²) in [5.41, 5.74) is 0. The number of esters is 4. The van der Waals surface area contributed by atoms with Gasteiger partial charge in [-0.15, -0.1) is 0 Å². The van der Waals surface area contributed by atoms with E-state index in [1.165, 1.54) is 128 Å². The number of carbonyl (C=O) groups is 4. The molecule has 0 heterocycles. The van der Waals surface area contributed by atoms with Crippen molar-refractivity contribution in [1.82, 2.24) is 0 Å². The number of hydrogen-bond donors (Lipinski definition) is 3. The second-order valence-electron chi connectivity index (χ2n) is 24.1. The Morgan fingerprint density at radius 2 is 0.554 bits per heavy atom. The van der Waals surface area contributed by atoms with Gasteiger partial charge < -0.3 is 33.8 Å². The first kappa shape index (κ1) is 81.1. The average molecular weight is 1230 g/mol. The van der Waals surface area contributed by atoms with Gasteiger partial charge in [0.05, 0.1) is 26.4 Å². The number of carbonyl (C=O) groups excluding carboxylic acids is 4. The van der Waals surface area contributed by atoms with Crippen molar-refractivity contribution in [2.75, 3.05) is 39.6 Å². The van der Waals surface area contributed by atoms with Crippen molar-refractivity contribution < 1.29 is 80.2 Å². The third kappa shape index (κ3) is 58.8. The zero-order valence-electron chi connectivity index (χ0n) is 53.5. The van der Waals surface area contributed by atoms with Crippen LogP contribution in [0, 0.1) is 11.8 Å². The number of hydrogen-bond acceptors (Lipinski definition) is 15. The lowest BCUT2D eigenvalue weighted by atomic mass is 10.0. The Bertz CT molecular complexity index is 1630. The van der Waals surface area contributed by atoms with E-state index in [4.69, 9.17) is 37.0 Å². The molecule has 0 bridgehead atoms. The molecule has 3 N–H and O–H groups in total. The monoisotopic (exact) mass is 1230 g/mol. The highest BCUT2D eigenvalue weighted by molar-refractivity contribution is 7.47. The number of aliphatic hydroxyl groups is 1. The van der Waals surface area contributed by atoms with Crippen molar-refractivity contribution in [2.24, 2.45) is 11.8 Å². The Morgan fingerprint density at radius 1 is 0.325 bits per heavy atom. The van der Waals surface area contributed by atoms with E-state index in [9.17, 15) is 43.2 Å². The minimum Gasteiger partial charge on any atom is -0.462 e. The molecule has 19 heteroatoms. The molecular formula is C64H124O17P2. The van der Waals surface area contributed by atoms with Crippen molar-refractivity contribution >= 4 is 39.5 Å². The van der Waals surface area contributed by atoms with Crippen LogP contribution in [-0.4, -0.2) is 96.7 Å². The summed E-state index contributed by atoms with van der Waals surface area (Å²) in [7, 11) is -9.88. The quantitative estimate of drug-likeness (QED) is 0.0222. The van der Waals surface area contributed by atoms with Gasteiger partial charge in [-0.25, -0.2) is 9.13 Å². The lowest BCUT2D eigenvalue weighted by Gasteiger charge is -2.21. The van der Waals surface area contributed by atoms with E-state index in [0.29, 0.717) is 25.7 Å². The molecule has 0 saturated heterocycles. The minimum absolute atomic E-state index is 0.105. The topological polar surface area (TPSA) is 237 Å². The van der Waals surface area contributed by atoms with E-state index >= 15 is 0 Å². The third-order valence-corrected chi connectivity index (χ3v) is 16.6. The van der Waals surface area contributed by atoms with E-state index in [1.807, 2.05) is 0 Å². The van der Waals surface area contributed by atoms with Crippen LogP contribution >= 0.6 is 15.6 Å². The summed E-state index contributed by atoms with van der Waals surface area (Å²) in [6.45, 7) is 9.40. The number of rotatable bonds is 63. The van der Waals surface area contributed by atoms with Crippen LogP contribution in [0.5, 0.6) is 0 Å². The number of aliphatic hydroxyl groups excluding tert-OH is 1. The molecule has 0 aromatic rings. The number of unbranched alkanes of at least 4 members (excludes halogenated alkanes) is 33. The van der Waals surface area contributed by atoms with Crippen LogP contribution in [-0.2, 0) is 65.4 Å². The molecule has 0 aliphatic rings. The standard InChI is InChI=1S/C64H124O17P2/c1-7-9-11-13-14-22-30-36-42-48-63(68)80-59(52-74-61(66)46-40-32-12-10-8-2)54-78-82(70,71)76-50-58(65)51-77-83(72,73)79-55-60(53-75-62(67)47-41-35-29-26-21-24-28-34-39-45-57(5)6)81-64(69)49-43-37-31-25-20-18-16-15-17-19-23-27-33-38-44-56(3)4/h56-60,65H,7-55H2,1-6H3,(H,70,71)(H,72,73)/t58-,59+,60+/m0/s1. The summed E-state index contributed by atoms with van der Waals surface area (Å²) in [5.74, 6) is -0.606. The Hall–Kier alpha value is -1.94. The normalized spacial score (nSPS) is 14.3. The summed E-state index contributed by atoms with van der Waals surface area (Å²) in [5, 5.41) is 10.5. The summed E-state index contributed by atoms with van der Waals surface area (Å²) in [6.07, 6.45) is 39.3. The maximum absolute atomic E-state index is 13.0. The van der Waals surface area contributed by atoms with Crippen LogP contribution < -0.4 is 0 Å². The SMILES string of the molecule is CCCCCCCCCCCC(=O)O[C@H](COC(=O)CCCCCCC)COP(=O)(O)OC[C@H](O)COP(=O)(O)OC[C@@H](COC(=O)CCCCCCCCCCCC(C)C)OC(=O)CCCCCCCCCCCCCCCCC(C)C. The van der Waals surface area contributed by atoms with Gasteiger partial charge in [0.2, 0.25) is 0 Å². The van der Waals surface area contributed by atoms with Gasteiger partial charge in [0.1, 0.15) is 19.3 Å².